The minimum atomic E-state index is -0.225. The summed E-state index contributed by atoms with van der Waals surface area (Å²) in [4.78, 5) is 15.4. The van der Waals surface area contributed by atoms with Gasteiger partial charge in [0.2, 0.25) is 5.78 Å². The fourth-order valence-corrected chi connectivity index (χ4v) is 3.09. The predicted molar refractivity (Wildman–Crippen MR) is 91.9 cm³/mol. The van der Waals surface area contributed by atoms with Gasteiger partial charge in [-0.1, -0.05) is 26.8 Å². The highest BCUT2D eigenvalue weighted by molar-refractivity contribution is 7.12. The fourth-order valence-electron chi connectivity index (χ4n) is 2.41. The summed E-state index contributed by atoms with van der Waals surface area (Å²) in [6.07, 6.45) is 0. The predicted octanol–water partition coefficient (Wildman–Crippen LogP) is 4.04. The van der Waals surface area contributed by atoms with Gasteiger partial charge in [0, 0.05) is 23.2 Å². The van der Waals surface area contributed by atoms with E-state index in [1.165, 1.54) is 11.3 Å². The van der Waals surface area contributed by atoms with E-state index < -0.39 is 0 Å². The van der Waals surface area contributed by atoms with Crippen molar-refractivity contribution >= 4 is 17.1 Å². The van der Waals surface area contributed by atoms with Crippen LogP contribution in [-0.4, -0.2) is 29.9 Å². The minimum absolute atomic E-state index is 0.0144. The Morgan fingerprint density at radius 1 is 1.27 bits per heavy atom. The first-order valence-corrected chi connectivity index (χ1v) is 8.17. The van der Waals surface area contributed by atoms with Crippen LogP contribution in [0.1, 0.15) is 47.1 Å². The summed E-state index contributed by atoms with van der Waals surface area (Å²) in [5.41, 5.74) is 2.02. The molecule has 1 N–H and O–H groups in total. The van der Waals surface area contributed by atoms with Crippen molar-refractivity contribution in [3.63, 3.8) is 0 Å². The highest BCUT2D eigenvalue weighted by Crippen LogP contribution is 2.35. The van der Waals surface area contributed by atoms with Gasteiger partial charge in [-0.05, 0) is 43.1 Å². The number of ketones is 1. The van der Waals surface area contributed by atoms with Crippen LogP contribution >= 0.6 is 11.3 Å². The first-order valence-electron chi connectivity index (χ1n) is 7.29. The molecule has 0 aliphatic heterocycles. The van der Waals surface area contributed by atoms with Crippen molar-refractivity contribution in [1.29, 1.82) is 0 Å². The van der Waals surface area contributed by atoms with Crippen molar-refractivity contribution < 1.29 is 9.90 Å². The average molecular weight is 317 g/mol. The molecule has 0 fully saturated rings. The van der Waals surface area contributed by atoms with Gasteiger partial charge in [-0.2, -0.15) is 0 Å². The first-order chi connectivity index (χ1) is 10.2. The molecule has 3 nitrogen and oxygen atoms in total. The summed E-state index contributed by atoms with van der Waals surface area (Å²) >= 11 is 1.44. The molecular weight excluding hydrogens is 294 g/mol. The Balaban J connectivity index is 2.57. The van der Waals surface area contributed by atoms with Crippen molar-refractivity contribution in [2.75, 3.05) is 14.1 Å². The zero-order valence-corrected chi connectivity index (χ0v) is 14.6. The first kappa shape index (κ1) is 16.7. The normalized spacial score (nSPS) is 11.9. The van der Waals surface area contributed by atoms with Gasteiger partial charge in [0.25, 0.3) is 0 Å². The number of phenols is 1. The molecule has 0 unspecified atom stereocenters. The van der Waals surface area contributed by atoms with Crippen LogP contribution in [-0.2, 0) is 12.0 Å². The van der Waals surface area contributed by atoms with E-state index in [4.69, 9.17) is 0 Å². The van der Waals surface area contributed by atoms with Crippen LogP contribution in [0, 0.1) is 0 Å². The Morgan fingerprint density at radius 3 is 2.45 bits per heavy atom. The number of phenolic OH excluding ortho intramolecular Hbond substituents is 1. The van der Waals surface area contributed by atoms with Crippen LogP contribution in [0.15, 0.2) is 29.6 Å². The number of aromatic hydroxyl groups is 1. The molecule has 22 heavy (non-hydrogen) atoms. The second-order valence-electron chi connectivity index (χ2n) is 6.83. The molecule has 118 valence electrons. The van der Waals surface area contributed by atoms with E-state index in [0.717, 1.165) is 16.0 Å². The summed E-state index contributed by atoms with van der Waals surface area (Å²) < 4.78 is 0. The van der Waals surface area contributed by atoms with Gasteiger partial charge in [-0.15, -0.1) is 11.3 Å². The van der Waals surface area contributed by atoms with Crippen molar-refractivity contribution in [3.05, 3.63) is 51.2 Å². The second-order valence-corrected chi connectivity index (χ2v) is 7.77. The van der Waals surface area contributed by atoms with Gasteiger partial charge in [-0.25, -0.2) is 0 Å². The van der Waals surface area contributed by atoms with E-state index in [1.54, 1.807) is 0 Å². The third-order valence-electron chi connectivity index (χ3n) is 3.49. The van der Waals surface area contributed by atoms with Crippen LogP contribution in [0.4, 0.5) is 0 Å². The third-order valence-corrected chi connectivity index (χ3v) is 4.36. The molecule has 0 amide bonds. The molecule has 2 aromatic rings. The maximum Gasteiger partial charge on any atom is 0.202 e. The highest BCUT2D eigenvalue weighted by Gasteiger charge is 2.23. The lowest BCUT2D eigenvalue weighted by molar-refractivity contribution is 0.104. The van der Waals surface area contributed by atoms with E-state index in [0.29, 0.717) is 17.9 Å². The van der Waals surface area contributed by atoms with Gasteiger partial charge in [0.1, 0.15) is 5.75 Å². The number of rotatable bonds is 4. The zero-order chi connectivity index (χ0) is 16.5. The molecule has 1 heterocycles. The molecule has 0 radical (unpaired) electrons. The molecule has 0 saturated heterocycles. The molecule has 4 heteroatoms. The fraction of sp³-hybridized carbons (Fsp3) is 0.389. The molecule has 0 aliphatic rings. The summed E-state index contributed by atoms with van der Waals surface area (Å²) in [6, 6.07) is 7.36. The zero-order valence-electron chi connectivity index (χ0n) is 13.8. The molecule has 0 atom stereocenters. The molecule has 2 rings (SSSR count). The van der Waals surface area contributed by atoms with E-state index in [-0.39, 0.29) is 11.2 Å². The largest absolute Gasteiger partial charge is 0.507 e. The molecule has 0 spiro atoms. The minimum Gasteiger partial charge on any atom is -0.507 e. The molecular formula is C18H23NO2S. The van der Waals surface area contributed by atoms with Crippen LogP contribution in [0.3, 0.4) is 0 Å². The van der Waals surface area contributed by atoms with Gasteiger partial charge in [0.15, 0.2) is 0 Å². The number of carbonyl (C=O) groups is 1. The van der Waals surface area contributed by atoms with Crippen molar-refractivity contribution in [1.82, 2.24) is 4.90 Å². The van der Waals surface area contributed by atoms with Crippen LogP contribution in [0.2, 0.25) is 0 Å². The summed E-state index contributed by atoms with van der Waals surface area (Å²) in [5.74, 6) is 0.310. The van der Waals surface area contributed by atoms with Gasteiger partial charge < -0.3 is 10.0 Å². The number of nitrogens with zero attached hydrogens (tertiary/aromatic N) is 1. The number of thiophene rings is 1. The molecule has 0 aliphatic carbocycles. The quantitative estimate of drug-likeness (QED) is 0.865. The van der Waals surface area contributed by atoms with E-state index in [2.05, 4.69) is 0 Å². The SMILES string of the molecule is CN(C)Cc1cc(C(=O)c2cccs2)cc(C(C)(C)C)c1O. The van der Waals surface area contributed by atoms with E-state index >= 15 is 0 Å². The monoisotopic (exact) mass is 317 g/mol. The Bertz CT molecular complexity index is 667. The van der Waals surface area contributed by atoms with E-state index in [1.807, 2.05) is 69.4 Å². The Labute approximate surface area is 136 Å². The van der Waals surface area contributed by atoms with Crippen LogP contribution in [0.5, 0.6) is 5.75 Å². The number of benzene rings is 1. The van der Waals surface area contributed by atoms with Gasteiger partial charge in [-0.3, -0.25) is 4.79 Å². The topological polar surface area (TPSA) is 40.5 Å². The third kappa shape index (κ3) is 3.57. The Kier molecular flexibility index (Phi) is 4.73. The number of hydrogen-bond acceptors (Lipinski definition) is 4. The molecule has 1 aromatic heterocycles. The van der Waals surface area contributed by atoms with Crippen molar-refractivity contribution in [3.8, 4) is 5.75 Å². The lowest BCUT2D eigenvalue weighted by Crippen LogP contribution is -2.17. The summed E-state index contributed by atoms with van der Waals surface area (Å²) in [5, 5.41) is 12.5. The lowest BCUT2D eigenvalue weighted by Gasteiger charge is -2.24. The average Bonchev–Trinajstić information content (AvgIpc) is 2.92. The standard InChI is InChI=1S/C18H23NO2S/c1-18(2,3)14-10-12(17(21)15-7-6-8-22-15)9-13(16(14)20)11-19(4)5/h6-10,20H,11H2,1-5H3. The Morgan fingerprint density at radius 2 is 1.95 bits per heavy atom. The highest BCUT2D eigenvalue weighted by atomic mass is 32.1. The maximum absolute atomic E-state index is 12.7. The Hall–Kier alpha value is -1.65. The van der Waals surface area contributed by atoms with E-state index in [9.17, 15) is 9.90 Å². The van der Waals surface area contributed by atoms with Crippen molar-refractivity contribution in [2.45, 2.75) is 32.7 Å². The number of hydrogen-bond donors (Lipinski definition) is 1. The molecule has 1 aromatic carbocycles. The van der Waals surface area contributed by atoms with Gasteiger partial charge in [0.05, 0.1) is 4.88 Å². The summed E-state index contributed by atoms with van der Waals surface area (Å²) in [7, 11) is 3.90. The second kappa shape index (κ2) is 6.23. The van der Waals surface area contributed by atoms with Gasteiger partial charge >= 0.3 is 0 Å². The van der Waals surface area contributed by atoms with Crippen LogP contribution in [0.25, 0.3) is 0 Å². The van der Waals surface area contributed by atoms with Crippen molar-refractivity contribution in [2.24, 2.45) is 0 Å². The molecule has 0 saturated carbocycles. The lowest BCUT2D eigenvalue weighted by atomic mass is 9.83. The summed E-state index contributed by atoms with van der Waals surface area (Å²) in [6.45, 7) is 6.73. The molecule has 0 bridgehead atoms. The smallest absolute Gasteiger partial charge is 0.202 e. The number of carbonyl (C=O) groups excluding carboxylic acids is 1. The maximum atomic E-state index is 12.7. The van der Waals surface area contributed by atoms with Crippen LogP contribution < -0.4 is 0 Å².